The van der Waals surface area contributed by atoms with E-state index in [2.05, 4.69) is 80.7 Å². The fourth-order valence-corrected chi connectivity index (χ4v) is 4.33. The van der Waals surface area contributed by atoms with E-state index in [1.54, 1.807) is 0 Å². The van der Waals surface area contributed by atoms with Crippen molar-refractivity contribution in [3.8, 4) is 0 Å². The Balaban J connectivity index is 4.02. The minimum Gasteiger partial charge on any atom is -0.481 e. The molecule has 4 nitrogen and oxygen atoms in total. The summed E-state index contributed by atoms with van der Waals surface area (Å²) in [7, 11) is 0. The molecule has 0 aromatic rings. The van der Waals surface area contributed by atoms with Crippen molar-refractivity contribution >= 4 is 11.9 Å². The van der Waals surface area contributed by atoms with Gasteiger partial charge in [0.25, 0.3) is 0 Å². The van der Waals surface area contributed by atoms with Crippen LogP contribution in [0.15, 0.2) is 72.9 Å². The van der Waals surface area contributed by atoms with Gasteiger partial charge in [0.2, 0.25) is 0 Å². The van der Waals surface area contributed by atoms with Crippen molar-refractivity contribution in [2.24, 2.45) is 0 Å². The summed E-state index contributed by atoms with van der Waals surface area (Å²) in [4.78, 5) is 23.2. The lowest BCUT2D eigenvalue weighted by Crippen LogP contribution is -2.18. The first kappa shape index (κ1) is 38.4. The van der Waals surface area contributed by atoms with Gasteiger partial charge in [-0.25, -0.2) is 0 Å². The maximum atomic E-state index is 12.4. The van der Waals surface area contributed by atoms with E-state index in [1.807, 2.05) is 6.08 Å². The van der Waals surface area contributed by atoms with Gasteiger partial charge in [0.1, 0.15) is 6.10 Å². The Morgan fingerprint density at radius 3 is 1.49 bits per heavy atom. The molecule has 0 heterocycles. The van der Waals surface area contributed by atoms with Gasteiger partial charge in [-0.15, -0.1) is 0 Å². The Hall–Kier alpha value is -2.62. The summed E-state index contributed by atoms with van der Waals surface area (Å²) in [6.45, 7) is 4.38. The van der Waals surface area contributed by atoms with Crippen LogP contribution in [0.5, 0.6) is 0 Å². The van der Waals surface area contributed by atoms with E-state index in [0.717, 1.165) is 57.8 Å². The van der Waals surface area contributed by atoms with E-state index in [0.29, 0.717) is 25.7 Å². The maximum absolute atomic E-state index is 12.4. The molecule has 4 heteroatoms. The number of ether oxygens (including phenoxy) is 1. The average molecular weight is 569 g/mol. The second-order valence-electron chi connectivity index (χ2n) is 10.6. The van der Waals surface area contributed by atoms with E-state index in [4.69, 9.17) is 9.84 Å². The molecule has 0 rings (SSSR count). The monoisotopic (exact) mass is 568 g/mol. The lowest BCUT2D eigenvalue weighted by Gasteiger charge is -2.17. The van der Waals surface area contributed by atoms with Gasteiger partial charge in [0.05, 0.1) is 0 Å². The summed E-state index contributed by atoms with van der Waals surface area (Å²) < 4.78 is 5.73. The number of hydrogen-bond donors (Lipinski definition) is 1. The molecular formula is C37H60O4. The fourth-order valence-electron chi connectivity index (χ4n) is 4.33. The first-order valence-corrected chi connectivity index (χ1v) is 16.4. The van der Waals surface area contributed by atoms with Crippen molar-refractivity contribution in [3.05, 3.63) is 72.9 Å². The molecule has 0 aliphatic carbocycles. The van der Waals surface area contributed by atoms with Gasteiger partial charge < -0.3 is 9.84 Å². The van der Waals surface area contributed by atoms with E-state index in [9.17, 15) is 9.59 Å². The molecule has 0 amide bonds. The third-order valence-corrected chi connectivity index (χ3v) is 6.71. The van der Waals surface area contributed by atoms with Crippen LogP contribution < -0.4 is 0 Å². The third-order valence-electron chi connectivity index (χ3n) is 6.71. The van der Waals surface area contributed by atoms with Crippen molar-refractivity contribution in [2.75, 3.05) is 0 Å². The first-order chi connectivity index (χ1) is 20.1. The number of rotatable bonds is 28. The lowest BCUT2D eigenvalue weighted by atomic mass is 10.0. The van der Waals surface area contributed by atoms with Gasteiger partial charge >= 0.3 is 11.9 Å². The molecule has 1 atom stereocenters. The molecule has 232 valence electrons. The Labute approximate surface area is 252 Å². The van der Waals surface area contributed by atoms with Crippen LogP contribution in [0.4, 0.5) is 0 Å². The number of unbranched alkanes of at least 4 members (excludes halogenated alkanes) is 7. The molecule has 41 heavy (non-hydrogen) atoms. The van der Waals surface area contributed by atoms with Crippen molar-refractivity contribution in [3.63, 3.8) is 0 Å². The van der Waals surface area contributed by atoms with Gasteiger partial charge in [0, 0.05) is 12.8 Å². The normalized spacial score (nSPS) is 13.2. The fraction of sp³-hybridized carbons (Fsp3) is 0.622. The van der Waals surface area contributed by atoms with Crippen LogP contribution in [0.3, 0.4) is 0 Å². The highest BCUT2D eigenvalue weighted by molar-refractivity contribution is 5.69. The zero-order valence-electron chi connectivity index (χ0n) is 26.3. The Kier molecular flexibility index (Phi) is 29.9. The number of carbonyl (C=O) groups is 2. The third kappa shape index (κ3) is 31.8. The Morgan fingerprint density at radius 2 is 1.00 bits per heavy atom. The van der Waals surface area contributed by atoms with Crippen molar-refractivity contribution in [1.29, 1.82) is 0 Å². The smallest absolute Gasteiger partial charge is 0.306 e. The highest BCUT2D eigenvalue weighted by atomic mass is 16.5. The van der Waals surface area contributed by atoms with Crippen LogP contribution in [0, 0.1) is 0 Å². The van der Waals surface area contributed by atoms with Gasteiger partial charge in [-0.1, -0.05) is 132 Å². The standard InChI is InChI=1S/C37H60O4/c1-3-5-7-9-11-13-14-15-16-17-18-19-20-21-22-23-25-27-29-34-37(40)41-35(32-30-33-36(38)39)31-28-26-24-12-10-8-6-4-2/h5,7,11,13,15-16,18-19,21-22,25,27,35H,3-4,6,8-10,12,14,17,20,23-24,26,28-34H2,1-2H3,(H,38,39)/b7-5-,13-11-,16-15-,19-18-,22-21-,27-25-. The summed E-state index contributed by atoms with van der Waals surface area (Å²) in [5.74, 6) is -0.968. The van der Waals surface area contributed by atoms with Crippen LogP contribution in [-0.2, 0) is 14.3 Å². The number of aliphatic carboxylic acids is 1. The van der Waals surface area contributed by atoms with Crippen LogP contribution in [0.2, 0.25) is 0 Å². The SMILES string of the molecule is CC/C=C\C/C=C\C/C=C\C/C=C\C/C=C\C/C=C\CCC(=O)OC(CCCCCCCCCC)CCCC(=O)O. The molecular weight excluding hydrogens is 508 g/mol. The van der Waals surface area contributed by atoms with Crippen LogP contribution >= 0.6 is 0 Å². The summed E-state index contributed by atoms with van der Waals surface area (Å²) in [5.41, 5.74) is 0. The van der Waals surface area contributed by atoms with E-state index < -0.39 is 5.97 Å². The first-order valence-electron chi connectivity index (χ1n) is 16.4. The molecule has 0 aromatic heterocycles. The lowest BCUT2D eigenvalue weighted by molar-refractivity contribution is -0.149. The molecule has 1 N–H and O–H groups in total. The minimum atomic E-state index is -0.792. The largest absolute Gasteiger partial charge is 0.481 e. The zero-order chi connectivity index (χ0) is 30.1. The molecule has 0 saturated heterocycles. The molecule has 0 aromatic carbocycles. The second kappa shape index (κ2) is 31.9. The number of esters is 1. The van der Waals surface area contributed by atoms with E-state index in [1.165, 1.54) is 38.5 Å². The molecule has 0 spiro atoms. The van der Waals surface area contributed by atoms with E-state index >= 15 is 0 Å². The van der Waals surface area contributed by atoms with Gasteiger partial charge in [-0.2, -0.15) is 0 Å². The number of carbonyl (C=O) groups excluding carboxylic acids is 1. The summed E-state index contributed by atoms with van der Waals surface area (Å²) >= 11 is 0. The van der Waals surface area contributed by atoms with Crippen molar-refractivity contribution in [1.82, 2.24) is 0 Å². The predicted octanol–water partition coefficient (Wildman–Crippen LogP) is 11.2. The zero-order valence-corrected chi connectivity index (χ0v) is 26.3. The van der Waals surface area contributed by atoms with Crippen LogP contribution in [-0.4, -0.2) is 23.1 Å². The van der Waals surface area contributed by atoms with Gasteiger partial charge in [0.15, 0.2) is 0 Å². The van der Waals surface area contributed by atoms with Gasteiger partial charge in [-0.05, 0) is 70.6 Å². The number of hydrogen-bond acceptors (Lipinski definition) is 3. The van der Waals surface area contributed by atoms with Crippen LogP contribution in [0.1, 0.15) is 142 Å². The molecule has 1 unspecified atom stereocenters. The second-order valence-corrected chi connectivity index (χ2v) is 10.6. The Morgan fingerprint density at radius 1 is 0.561 bits per heavy atom. The molecule has 0 fully saturated rings. The summed E-state index contributed by atoms with van der Waals surface area (Å²) in [6.07, 6.45) is 44.8. The topological polar surface area (TPSA) is 63.6 Å². The Bertz CT molecular complexity index is 785. The quantitative estimate of drug-likeness (QED) is 0.0579. The maximum Gasteiger partial charge on any atom is 0.306 e. The highest BCUT2D eigenvalue weighted by Crippen LogP contribution is 2.17. The molecule has 0 radical (unpaired) electrons. The summed E-state index contributed by atoms with van der Waals surface area (Å²) in [5, 5.41) is 8.94. The number of carboxylic acid groups (broad SMARTS) is 1. The molecule has 0 bridgehead atoms. The predicted molar refractivity (Wildman–Crippen MR) is 176 cm³/mol. The van der Waals surface area contributed by atoms with Crippen molar-refractivity contribution < 1.29 is 19.4 Å². The average Bonchev–Trinajstić information content (AvgIpc) is 2.95. The van der Waals surface area contributed by atoms with E-state index in [-0.39, 0.29) is 18.5 Å². The van der Waals surface area contributed by atoms with Crippen LogP contribution in [0.25, 0.3) is 0 Å². The summed E-state index contributed by atoms with van der Waals surface area (Å²) in [6, 6.07) is 0. The molecule has 0 saturated carbocycles. The van der Waals surface area contributed by atoms with Crippen molar-refractivity contribution in [2.45, 2.75) is 148 Å². The molecule has 0 aliphatic heterocycles. The molecule has 0 aliphatic rings. The van der Waals surface area contributed by atoms with Gasteiger partial charge in [-0.3, -0.25) is 9.59 Å². The minimum absolute atomic E-state index is 0.129. The number of allylic oxidation sites excluding steroid dienone is 12. The number of carboxylic acids is 1. The highest BCUT2D eigenvalue weighted by Gasteiger charge is 2.14.